The highest BCUT2D eigenvalue weighted by Crippen LogP contribution is 2.26. The second-order valence-corrected chi connectivity index (χ2v) is 19.4. The first-order chi connectivity index (χ1) is 34.7. The Hall–Kier alpha value is -3.16. The summed E-state index contributed by atoms with van der Waals surface area (Å²) in [4.78, 5) is 26.4. The zero-order valence-corrected chi connectivity index (χ0v) is 44.8. The van der Waals surface area contributed by atoms with E-state index in [0.29, 0.717) is 12.8 Å². The van der Waals surface area contributed by atoms with Gasteiger partial charge in [-0.25, -0.2) is 0 Å². The van der Waals surface area contributed by atoms with Crippen LogP contribution in [0.15, 0.2) is 85.1 Å². The SMILES string of the molecule is CC/C=C/C=C/C=C\C=C/C=C/CCCCC(O)C(=O)NC(COC1OC(CO)C(O)C(O)C1OC(=O)CCCCCCCCC/C=C/CCCCCCCC)C(O)/C=C/CCCCCCCCCCC. The number of aliphatic hydroxyl groups excluding tert-OH is 5. The van der Waals surface area contributed by atoms with Gasteiger partial charge in [-0.15, -0.1) is 0 Å². The third kappa shape index (κ3) is 36.4. The van der Waals surface area contributed by atoms with Gasteiger partial charge in [0.05, 0.1) is 25.4 Å². The molecule has 0 spiro atoms. The van der Waals surface area contributed by atoms with Crippen molar-refractivity contribution < 1.29 is 49.3 Å². The van der Waals surface area contributed by atoms with Crippen molar-refractivity contribution in [2.75, 3.05) is 13.2 Å². The molecule has 1 fully saturated rings. The molecule has 1 rings (SSSR count). The number of carbonyl (C=O) groups is 2. The molecule has 1 saturated heterocycles. The molecule has 0 aromatic rings. The van der Waals surface area contributed by atoms with Crippen molar-refractivity contribution in [1.82, 2.24) is 5.32 Å². The predicted molar refractivity (Wildman–Crippen MR) is 292 cm³/mol. The average Bonchev–Trinajstić information content (AvgIpc) is 3.37. The van der Waals surface area contributed by atoms with Crippen LogP contribution >= 0.6 is 0 Å². The van der Waals surface area contributed by atoms with Gasteiger partial charge in [-0.3, -0.25) is 9.59 Å². The molecular weight excluding hydrogens is 895 g/mol. The average molecular weight is 998 g/mol. The van der Waals surface area contributed by atoms with Crippen LogP contribution < -0.4 is 5.32 Å². The molecule has 1 aliphatic heterocycles. The smallest absolute Gasteiger partial charge is 0.306 e. The first-order valence-electron chi connectivity index (χ1n) is 28.4. The van der Waals surface area contributed by atoms with Crippen LogP contribution in [0.5, 0.6) is 0 Å². The van der Waals surface area contributed by atoms with Gasteiger partial charge >= 0.3 is 5.97 Å². The Bertz CT molecular complexity index is 1470. The molecule has 0 radical (unpaired) electrons. The Balaban J connectivity index is 2.76. The lowest BCUT2D eigenvalue weighted by atomic mass is 9.99. The molecule has 11 nitrogen and oxygen atoms in total. The summed E-state index contributed by atoms with van der Waals surface area (Å²) < 4.78 is 17.5. The second-order valence-electron chi connectivity index (χ2n) is 19.4. The van der Waals surface area contributed by atoms with Gasteiger partial charge in [-0.2, -0.15) is 0 Å². The molecule has 0 aromatic heterocycles. The highest BCUT2D eigenvalue weighted by atomic mass is 16.7. The third-order valence-electron chi connectivity index (χ3n) is 12.9. The standard InChI is InChI=1S/C60H103NO10/c1-4-7-10-13-16-19-22-24-26-27-28-30-33-36-39-42-45-48-55(65)71-58-57(67)56(66)54(49-62)70-60(58)69-50-51(52(63)46-43-40-37-34-31-21-18-15-12-9-6-3)61-59(68)53(64)47-44-41-38-35-32-29-25-23-20-17-14-11-8-5-2/h8,11,14,17,20,23-26,29,32,35,43,46,51-54,56-58,60,62-64,66-67H,4-7,9-10,12-13,15-16,18-19,21-22,27-28,30-31,33-34,36-42,44-45,47-50H2,1-3H3,(H,61,68)/b11-8+,17-14+,23-20-,26-24+,29-25-,35-32+,46-43+. The third-order valence-corrected chi connectivity index (χ3v) is 12.9. The Labute approximate surface area is 432 Å². The largest absolute Gasteiger partial charge is 0.454 e. The summed E-state index contributed by atoms with van der Waals surface area (Å²) in [5.74, 6) is -1.25. The number of amides is 1. The van der Waals surface area contributed by atoms with Gasteiger partial charge in [0.2, 0.25) is 5.91 Å². The summed E-state index contributed by atoms with van der Waals surface area (Å²) in [6.45, 7) is 5.58. The molecule has 0 bridgehead atoms. The van der Waals surface area contributed by atoms with Crippen molar-refractivity contribution in [3.63, 3.8) is 0 Å². The Morgan fingerprint density at radius 3 is 1.56 bits per heavy atom. The van der Waals surface area contributed by atoms with Crippen LogP contribution in [0.4, 0.5) is 0 Å². The first-order valence-corrected chi connectivity index (χ1v) is 28.4. The van der Waals surface area contributed by atoms with Gasteiger partial charge in [0, 0.05) is 6.42 Å². The number of ether oxygens (including phenoxy) is 3. The van der Waals surface area contributed by atoms with Gasteiger partial charge < -0.3 is 45.1 Å². The van der Waals surface area contributed by atoms with E-state index in [2.05, 4.69) is 44.3 Å². The van der Waals surface area contributed by atoms with Gasteiger partial charge in [-0.1, -0.05) is 228 Å². The molecule has 0 saturated carbocycles. The summed E-state index contributed by atoms with van der Waals surface area (Å²) in [6.07, 6.45) is 50.6. The second kappa shape index (κ2) is 47.8. The summed E-state index contributed by atoms with van der Waals surface area (Å²) in [5, 5.41) is 56.7. The fourth-order valence-corrected chi connectivity index (χ4v) is 8.37. The maximum atomic E-state index is 13.3. The highest BCUT2D eigenvalue weighted by Gasteiger charge is 2.47. The predicted octanol–water partition coefficient (Wildman–Crippen LogP) is 12.6. The number of esters is 1. The molecule has 71 heavy (non-hydrogen) atoms. The van der Waals surface area contributed by atoms with Gasteiger partial charge in [0.25, 0.3) is 0 Å². The lowest BCUT2D eigenvalue weighted by Gasteiger charge is -2.41. The van der Waals surface area contributed by atoms with E-state index in [9.17, 15) is 35.1 Å². The zero-order valence-electron chi connectivity index (χ0n) is 44.8. The molecule has 0 aliphatic carbocycles. The summed E-state index contributed by atoms with van der Waals surface area (Å²) in [7, 11) is 0. The van der Waals surface area contributed by atoms with Crippen LogP contribution in [0.25, 0.3) is 0 Å². The van der Waals surface area contributed by atoms with E-state index in [1.54, 1.807) is 6.08 Å². The molecule has 8 atom stereocenters. The van der Waals surface area contributed by atoms with E-state index in [1.165, 1.54) is 96.3 Å². The van der Waals surface area contributed by atoms with Gasteiger partial charge in [-0.05, 0) is 70.6 Å². The summed E-state index contributed by atoms with van der Waals surface area (Å²) >= 11 is 0. The Kier molecular flexibility index (Phi) is 44.4. The van der Waals surface area contributed by atoms with Crippen LogP contribution in [0, 0.1) is 0 Å². The Morgan fingerprint density at radius 2 is 1.03 bits per heavy atom. The minimum atomic E-state index is -1.63. The van der Waals surface area contributed by atoms with Crippen LogP contribution in [0.2, 0.25) is 0 Å². The number of allylic oxidation sites excluding steroid dienone is 13. The molecule has 1 aliphatic rings. The quantitative estimate of drug-likeness (QED) is 0.0149. The molecule has 6 N–H and O–H groups in total. The first kappa shape index (κ1) is 65.9. The monoisotopic (exact) mass is 998 g/mol. The van der Waals surface area contributed by atoms with Crippen molar-refractivity contribution in [1.29, 1.82) is 0 Å². The number of hydrogen-bond donors (Lipinski definition) is 6. The van der Waals surface area contributed by atoms with Gasteiger partial charge in [0.1, 0.15) is 24.4 Å². The summed E-state index contributed by atoms with van der Waals surface area (Å²) in [5.41, 5.74) is 0. The molecule has 1 amide bonds. The van der Waals surface area contributed by atoms with Crippen LogP contribution in [0.1, 0.15) is 220 Å². The highest BCUT2D eigenvalue weighted by molar-refractivity contribution is 5.80. The van der Waals surface area contributed by atoms with Crippen molar-refractivity contribution in [3.8, 4) is 0 Å². The molecule has 0 aromatic carbocycles. The van der Waals surface area contributed by atoms with E-state index in [-0.39, 0.29) is 19.4 Å². The van der Waals surface area contributed by atoms with E-state index >= 15 is 0 Å². The fourth-order valence-electron chi connectivity index (χ4n) is 8.37. The van der Waals surface area contributed by atoms with E-state index in [0.717, 1.165) is 77.0 Å². The zero-order chi connectivity index (χ0) is 51.8. The van der Waals surface area contributed by atoms with E-state index < -0.39 is 67.4 Å². The van der Waals surface area contributed by atoms with Crippen molar-refractivity contribution in [2.45, 2.75) is 269 Å². The normalized spacial score (nSPS) is 20.3. The molecule has 8 unspecified atom stereocenters. The maximum absolute atomic E-state index is 13.3. The van der Waals surface area contributed by atoms with Crippen molar-refractivity contribution in [2.24, 2.45) is 0 Å². The minimum Gasteiger partial charge on any atom is -0.454 e. The minimum absolute atomic E-state index is 0.110. The van der Waals surface area contributed by atoms with Crippen LogP contribution in [-0.4, -0.2) is 99.6 Å². The van der Waals surface area contributed by atoms with Crippen molar-refractivity contribution >= 4 is 11.9 Å². The number of unbranched alkanes of at least 4 members (excludes halogenated alkanes) is 24. The number of aliphatic hydroxyl groups is 5. The number of rotatable bonds is 46. The number of carbonyl (C=O) groups excluding carboxylic acids is 2. The molecule has 408 valence electrons. The van der Waals surface area contributed by atoms with Crippen LogP contribution in [0.3, 0.4) is 0 Å². The van der Waals surface area contributed by atoms with Crippen LogP contribution in [-0.2, 0) is 23.8 Å². The fraction of sp³-hybridized carbons (Fsp3) is 0.733. The summed E-state index contributed by atoms with van der Waals surface area (Å²) in [6, 6.07) is -1.05. The molecule has 1 heterocycles. The number of nitrogens with one attached hydrogen (secondary N) is 1. The topological polar surface area (TPSA) is 175 Å². The molecule has 11 heteroatoms. The molecular formula is C60H103NO10. The van der Waals surface area contributed by atoms with E-state index in [1.807, 2.05) is 60.8 Å². The maximum Gasteiger partial charge on any atom is 0.306 e. The Morgan fingerprint density at radius 1 is 0.563 bits per heavy atom. The lowest BCUT2D eigenvalue weighted by molar-refractivity contribution is -0.305. The number of hydrogen-bond acceptors (Lipinski definition) is 10. The van der Waals surface area contributed by atoms with Crippen molar-refractivity contribution in [3.05, 3.63) is 85.1 Å². The van der Waals surface area contributed by atoms with E-state index in [4.69, 9.17) is 14.2 Å². The lowest BCUT2D eigenvalue weighted by Crippen LogP contribution is -2.61. The van der Waals surface area contributed by atoms with Gasteiger partial charge in [0.15, 0.2) is 12.4 Å².